The quantitative estimate of drug-likeness (QED) is 0.280. The first-order valence-corrected chi connectivity index (χ1v) is 10.2. The summed E-state index contributed by atoms with van der Waals surface area (Å²) >= 11 is 3.42. The fraction of sp³-hybridized carbons (Fsp3) is 0.130. The van der Waals surface area contributed by atoms with Crippen LogP contribution in [0.15, 0.2) is 76.3 Å². The van der Waals surface area contributed by atoms with Crippen molar-refractivity contribution in [2.24, 2.45) is 5.10 Å². The van der Waals surface area contributed by atoms with Gasteiger partial charge in [0.2, 0.25) is 5.91 Å². The normalized spacial score (nSPS) is 10.8. The van der Waals surface area contributed by atoms with Gasteiger partial charge in [-0.25, -0.2) is 5.43 Å². The van der Waals surface area contributed by atoms with Gasteiger partial charge in [0.1, 0.15) is 12.4 Å². The number of hydrazone groups is 1. The molecule has 3 aromatic rings. The Balaban J connectivity index is 1.65. The molecule has 0 bridgehead atoms. The number of hydrogen-bond acceptors (Lipinski definition) is 5. The lowest BCUT2D eigenvalue weighted by Crippen LogP contribution is -2.20. The zero-order chi connectivity index (χ0) is 22.2. The van der Waals surface area contributed by atoms with E-state index in [4.69, 9.17) is 4.74 Å². The second-order valence-electron chi connectivity index (χ2n) is 6.81. The van der Waals surface area contributed by atoms with Crippen molar-refractivity contribution in [2.75, 3.05) is 0 Å². The third-order valence-corrected chi connectivity index (χ3v) is 4.91. The van der Waals surface area contributed by atoms with Crippen LogP contribution in [0.1, 0.15) is 22.3 Å². The number of amides is 1. The number of rotatable bonds is 8. The highest BCUT2D eigenvalue weighted by atomic mass is 79.9. The lowest BCUT2D eigenvalue weighted by molar-refractivity contribution is -0.385. The third-order valence-electron chi connectivity index (χ3n) is 4.42. The number of aryl methyl sites for hydroxylation is 1. The highest BCUT2D eigenvalue weighted by Gasteiger charge is 2.15. The van der Waals surface area contributed by atoms with Gasteiger partial charge in [-0.15, -0.1) is 0 Å². The molecule has 0 aromatic heterocycles. The first-order valence-electron chi connectivity index (χ1n) is 9.44. The summed E-state index contributed by atoms with van der Waals surface area (Å²) in [4.78, 5) is 22.7. The number of nitrogens with one attached hydrogen (secondary N) is 1. The standard InChI is InChI=1S/C23H20BrN3O4/c1-16-6-8-17(9-7-16)15-31-22-11-10-20(24)12-19(22)14-25-26-23(28)13-18-4-2-3-5-21(18)27(29)30/h2-12,14H,13,15H2,1H3,(H,26,28). The fourth-order valence-electron chi connectivity index (χ4n) is 2.82. The van der Waals surface area contributed by atoms with Crippen LogP contribution >= 0.6 is 15.9 Å². The van der Waals surface area contributed by atoms with Gasteiger partial charge < -0.3 is 4.74 Å². The van der Waals surface area contributed by atoms with E-state index in [1.807, 2.05) is 49.4 Å². The van der Waals surface area contributed by atoms with Crippen molar-refractivity contribution in [3.63, 3.8) is 0 Å². The molecule has 3 rings (SSSR count). The van der Waals surface area contributed by atoms with Gasteiger partial charge in [-0.3, -0.25) is 14.9 Å². The van der Waals surface area contributed by atoms with E-state index in [1.165, 1.54) is 17.8 Å². The van der Waals surface area contributed by atoms with Gasteiger partial charge in [-0.2, -0.15) is 5.10 Å². The van der Waals surface area contributed by atoms with E-state index >= 15 is 0 Å². The van der Waals surface area contributed by atoms with Crippen LogP contribution in [0.25, 0.3) is 0 Å². The van der Waals surface area contributed by atoms with Gasteiger partial charge in [0, 0.05) is 21.7 Å². The average molecular weight is 482 g/mol. The molecule has 0 unspecified atom stereocenters. The Morgan fingerprint density at radius 1 is 1.16 bits per heavy atom. The Kier molecular flexibility index (Phi) is 7.50. The predicted octanol–water partition coefficient (Wildman–Crippen LogP) is 4.94. The summed E-state index contributed by atoms with van der Waals surface area (Å²) in [6.07, 6.45) is 1.33. The molecule has 0 aliphatic rings. The summed E-state index contributed by atoms with van der Waals surface area (Å²) < 4.78 is 6.75. The van der Waals surface area contributed by atoms with Crippen LogP contribution < -0.4 is 10.2 Å². The molecule has 0 heterocycles. The Hall–Kier alpha value is -3.52. The van der Waals surface area contributed by atoms with E-state index in [9.17, 15) is 14.9 Å². The molecule has 31 heavy (non-hydrogen) atoms. The Labute approximate surface area is 188 Å². The highest BCUT2D eigenvalue weighted by Crippen LogP contribution is 2.23. The summed E-state index contributed by atoms with van der Waals surface area (Å²) in [6, 6.07) is 19.7. The van der Waals surface area contributed by atoms with E-state index < -0.39 is 10.8 Å². The first kappa shape index (κ1) is 22.2. The van der Waals surface area contributed by atoms with Crippen molar-refractivity contribution in [3.05, 3.63) is 104 Å². The van der Waals surface area contributed by atoms with Gasteiger partial charge in [-0.1, -0.05) is 64.0 Å². The average Bonchev–Trinajstić information content (AvgIpc) is 2.74. The van der Waals surface area contributed by atoms with Crippen molar-refractivity contribution in [1.82, 2.24) is 5.43 Å². The molecule has 3 aromatic carbocycles. The van der Waals surface area contributed by atoms with Crippen molar-refractivity contribution >= 4 is 33.7 Å². The number of carbonyl (C=O) groups excluding carboxylic acids is 1. The van der Waals surface area contributed by atoms with E-state index in [0.29, 0.717) is 23.5 Å². The van der Waals surface area contributed by atoms with Crippen molar-refractivity contribution in [1.29, 1.82) is 0 Å². The molecule has 8 heteroatoms. The number of halogens is 1. The van der Waals surface area contributed by atoms with Crippen LogP contribution in [-0.4, -0.2) is 17.0 Å². The van der Waals surface area contributed by atoms with Gasteiger partial charge in [-0.05, 0) is 30.7 Å². The molecular formula is C23H20BrN3O4. The van der Waals surface area contributed by atoms with Crippen LogP contribution in [0.5, 0.6) is 5.75 Å². The molecule has 0 saturated carbocycles. The van der Waals surface area contributed by atoms with Crippen molar-refractivity contribution < 1.29 is 14.5 Å². The van der Waals surface area contributed by atoms with Crippen LogP contribution in [0, 0.1) is 17.0 Å². The first-order chi connectivity index (χ1) is 14.9. The number of benzene rings is 3. The van der Waals surface area contributed by atoms with Gasteiger partial charge >= 0.3 is 0 Å². The Morgan fingerprint density at radius 2 is 1.90 bits per heavy atom. The van der Waals surface area contributed by atoms with Crippen LogP contribution in [0.2, 0.25) is 0 Å². The summed E-state index contributed by atoms with van der Waals surface area (Å²) in [6.45, 7) is 2.42. The largest absolute Gasteiger partial charge is 0.488 e. The van der Waals surface area contributed by atoms with Crippen molar-refractivity contribution in [3.8, 4) is 5.75 Å². The second-order valence-corrected chi connectivity index (χ2v) is 7.73. The monoisotopic (exact) mass is 481 g/mol. The summed E-state index contributed by atoms with van der Waals surface area (Å²) in [5.74, 6) is 0.156. The summed E-state index contributed by atoms with van der Waals surface area (Å²) in [5.41, 5.74) is 5.52. The third kappa shape index (κ3) is 6.48. The molecule has 0 spiro atoms. The van der Waals surface area contributed by atoms with Gasteiger partial charge in [0.25, 0.3) is 5.69 Å². The van der Waals surface area contributed by atoms with E-state index in [2.05, 4.69) is 26.5 Å². The second kappa shape index (κ2) is 10.5. The topological polar surface area (TPSA) is 93.8 Å². The fourth-order valence-corrected chi connectivity index (χ4v) is 3.20. The molecule has 0 fully saturated rings. The zero-order valence-corrected chi connectivity index (χ0v) is 18.3. The van der Waals surface area contributed by atoms with E-state index in [0.717, 1.165) is 10.0 Å². The number of ether oxygens (including phenoxy) is 1. The molecule has 7 nitrogen and oxygen atoms in total. The molecule has 0 radical (unpaired) electrons. The molecular weight excluding hydrogens is 462 g/mol. The molecule has 1 amide bonds. The molecule has 158 valence electrons. The maximum absolute atomic E-state index is 12.2. The van der Waals surface area contributed by atoms with Crippen LogP contribution in [0.3, 0.4) is 0 Å². The molecule has 0 aliphatic heterocycles. The molecule has 0 aliphatic carbocycles. The number of carbonyl (C=O) groups is 1. The SMILES string of the molecule is Cc1ccc(COc2ccc(Br)cc2C=NNC(=O)Cc2ccccc2[N+](=O)[O-])cc1. The minimum absolute atomic E-state index is 0.0968. The summed E-state index contributed by atoms with van der Waals surface area (Å²) in [5, 5.41) is 15.1. The lowest BCUT2D eigenvalue weighted by atomic mass is 10.1. The number of nitro benzene ring substituents is 1. The lowest BCUT2D eigenvalue weighted by Gasteiger charge is -2.10. The maximum atomic E-state index is 12.2. The smallest absolute Gasteiger partial charge is 0.273 e. The van der Waals surface area contributed by atoms with Crippen LogP contribution in [0.4, 0.5) is 5.69 Å². The zero-order valence-electron chi connectivity index (χ0n) is 16.7. The Bertz CT molecular complexity index is 1110. The molecule has 1 N–H and O–H groups in total. The van der Waals surface area contributed by atoms with E-state index in [-0.39, 0.29) is 12.1 Å². The van der Waals surface area contributed by atoms with Crippen molar-refractivity contribution in [2.45, 2.75) is 20.0 Å². The summed E-state index contributed by atoms with van der Waals surface area (Å²) in [7, 11) is 0. The van der Waals surface area contributed by atoms with Gasteiger partial charge in [0.05, 0.1) is 17.6 Å². The van der Waals surface area contributed by atoms with E-state index in [1.54, 1.807) is 18.2 Å². The number of hydrogen-bond donors (Lipinski definition) is 1. The number of nitro groups is 1. The number of nitrogens with zero attached hydrogens (tertiary/aromatic N) is 2. The molecule has 0 saturated heterocycles. The maximum Gasteiger partial charge on any atom is 0.273 e. The predicted molar refractivity (Wildman–Crippen MR) is 122 cm³/mol. The minimum Gasteiger partial charge on any atom is -0.488 e. The van der Waals surface area contributed by atoms with Crippen LogP contribution in [-0.2, 0) is 17.8 Å². The number of para-hydroxylation sites is 1. The highest BCUT2D eigenvalue weighted by molar-refractivity contribution is 9.10. The molecule has 0 atom stereocenters. The minimum atomic E-state index is -0.509. The van der Waals surface area contributed by atoms with Gasteiger partial charge in [0.15, 0.2) is 0 Å². The Morgan fingerprint density at radius 3 is 2.65 bits per heavy atom.